The minimum Gasteiger partial charge on any atom is -0.383 e. The summed E-state index contributed by atoms with van der Waals surface area (Å²) in [6, 6.07) is 16.2. The van der Waals surface area contributed by atoms with Crippen LogP contribution in [-0.4, -0.2) is 18.2 Å². The maximum Gasteiger partial charge on any atom is 0.267 e. The van der Waals surface area contributed by atoms with Crippen LogP contribution in [0.2, 0.25) is 0 Å². The summed E-state index contributed by atoms with van der Waals surface area (Å²) in [5.74, 6) is -0.340. The fourth-order valence-corrected chi connectivity index (χ4v) is 1.95. The molecule has 2 rings (SSSR count). The molecular weight excluding hydrogens is 358 g/mol. The first-order valence-electron chi connectivity index (χ1n) is 6.84. The van der Waals surface area contributed by atoms with E-state index in [-0.39, 0.29) is 5.91 Å². The average molecular weight is 372 g/mol. The number of hydrogen-bond donors (Lipinski definition) is 1. The van der Waals surface area contributed by atoms with Gasteiger partial charge in [0.05, 0.1) is 17.8 Å². The van der Waals surface area contributed by atoms with Gasteiger partial charge in [-0.15, -0.1) is 0 Å². The normalized spacial score (nSPS) is 11.7. The lowest BCUT2D eigenvalue weighted by molar-refractivity contribution is -0.126. The third-order valence-electron chi connectivity index (χ3n) is 2.92. The zero-order valence-electron chi connectivity index (χ0n) is 12.4. The number of carbonyl (C=O) groups excluding carboxylic acids is 1. The van der Waals surface area contributed by atoms with Crippen LogP contribution in [0.5, 0.6) is 0 Å². The second-order valence-corrected chi connectivity index (χ2v) is 5.63. The number of rotatable bonds is 5. The van der Waals surface area contributed by atoms with Crippen LogP contribution in [0.1, 0.15) is 18.1 Å². The second kappa shape index (κ2) is 8.11. The molecule has 0 radical (unpaired) electrons. The monoisotopic (exact) mass is 371 g/mol. The van der Waals surface area contributed by atoms with Crippen molar-refractivity contribution in [2.45, 2.75) is 13.0 Å². The van der Waals surface area contributed by atoms with E-state index in [0.29, 0.717) is 11.3 Å². The number of carbonyl (C=O) groups is 1. The zero-order chi connectivity index (χ0) is 16.7. The molecule has 0 aliphatic heterocycles. The number of nitrogens with one attached hydrogen (secondary N) is 1. The highest BCUT2D eigenvalue weighted by molar-refractivity contribution is 9.10. The van der Waals surface area contributed by atoms with Crippen molar-refractivity contribution in [3.8, 4) is 6.07 Å². The van der Waals surface area contributed by atoms with E-state index in [1.165, 1.54) is 6.21 Å². The molecule has 0 bridgehead atoms. The fraction of sp³-hybridized carbons (Fsp3) is 0.118. The molecule has 2 aromatic rings. The number of amides is 1. The van der Waals surface area contributed by atoms with Crippen LogP contribution in [0.15, 0.2) is 58.2 Å². The second-order valence-electron chi connectivity index (χ2n) is 4.72. The highest BCUT2D eigenvalue weighted by Crippen LogP contribution is 2.11. The van der Waals surface area contributed by atoms with Crippen molar-refractivity contribution in [1.29, 1.82) is 5.26 Å². The Labute approximate surface area is 142 Å². The molecule has 0 heterocycles. The first kappa shape index (κ1) is 16.7. The standard InChI is InChI=1S/C17H14BrN3O2/c1-12(23-20-11-13-5-7-15(18)8-6-13)17(22)21-16-4-2-3-14(9-16)10-19/h2-9,11-12H,1H3,(H,21,22)/b20-11-/t12-/m0/s1. The minimum atomic E-state index is -0.757. The largest absolute Gasteiger partial charge is 0.383 e. The molecule has 116 valence electrons. The zero-order valence-corrected chi connectivity index (χ0v) is 13.9. The summed E-state index contributed by atoms with van der Waals surface area (Å²) in [6.45, 7) is 1.60. The molecule has 1 amide bonds. The van der Waals surface area contributed by atoms with Gasteiger partial charge in [-0.3, -0.25) is 4.79 Å². The highest BCUT2D eigenvalue weighted by atomic mass is 79.9. The van der Waals surface area contributed by atoms with Crippen molar-refractivity contribution in [3.05, 3.63) is 64.1 Å². The quantitative estimate of drug-likeness (QED) is 0.643. The Balaban J connectivity index is 1.89. The van der Waals surface area contributed by atoms with E-state index in [1.54, 1.807) is 31.2 Å². The first-order chi connectivity index (χ1) is 11.1. The Hall–Kier alpha value is -2.65. The number of benzene rings is 2. The maximum atomic E-state index is 12.0. The van der Waals surface area contributed by atoms with Gasteiger partial charge in [0.1, 0.15) is 0 Å². The van der Waals surface area contributed by atoms with E-state index in [4.69, 9.17) is 10.1 Å². The van der Waals surface area contributed by atoms with Crippen molar-refractivity contribution >= 4 is 33.7 Å². The predicted molar refractivity (Wildman–Crippen MR) is 92.1 cm³/mol. The number of nitriles is 1. The van der Waals surface area contributed by atoms with Crippen LogP contribution < -0.4 is 5.32 Å². The summed E-state index contributed by atoms with van der Waals surface area (Å²) >= 11 is 3.35. The van der Waals surface area contributed by atoms with E-state index in [0.717, 1.165) is 10.0 Å². The molecule has 23 heavy (non-hydrogen) atoms. The molecule has 0 fully saturated rings. The Morgan fingerprint density at radius 3 is 2.78 bits per heavy atom. The third kappa shape index (κ3) is 5.24. The van der Waals surface area contributed by atoms with Crippen molar-refractivity contribution in [3.63, 3.8) is 0 Å². The molecule has 6 heteroatoms. The maximum absolute atomic E-state index is 12.0. The van der Waals surface area contributed by atoms with E-state index < -0.39 is 6.10 Å². The number of anilines is 1. The summed E-state index contributed by atoms with van der Waals surface area (Å²) in [6.07, 6.45) is 0.777. The fourth-order valence-electron chi connectivity index (χ4n) is 1.69. The van der Waals surface area contributed by atoms with Crippen LogP contribution in [-0.2, 0) is 9.63 Å². The molecule has 0 aliphatic rings. The van der Waals surface area contributed by atoms with Crippen molar-refractivity contribution in [2.75, 3.05) is 5.32 Å². The van der Waals surface area contributed by atoms with Gasteiger partial charge in [0.25, 0.3) is 5.91 Å². The molecule has 2 aromatic carbocycles. The molecular formula is C17H14BrN3O2. The van der Waals surface area contributed by atoms with Gasteiger partial charge < -0.3 is 10.2 Å². The lowest BCUT2D eigenvalue weighted by Crippen LogP contribution is -2.26. The van der Waals surface area contributed by atoms with Gasteiger partial charge in [0.2, 0.25) is 6.10 Å². The SMILES string of the molecule is C[C@H](O/N=C\c1ccc(Br)cc1)C(=O)Nc1cccc(C#N)c1. The lowest BCUT2D eigenvalue weighted by atomic mass is 10.2. The van der Waals surface area contributed by atoms with E-state index in [9.17, 15) is 4.79 Å². The van der Waals surface area contributed by atoms with E-state index in [1.807, 2.05) is 30.3 Å². The minimum absolute atomic E-state index is 0.340. The topological polar surface area (TPSA) is 74.5 Å². The molecule has 0 unspecified atom stereocenters. The predicted octanol–water partition coefficient (Wildman–Crippen LogP) is 3.70. The number of hydrogen-bond acceptors (Lipinski definition) is 4. The summed E-state index contributed by atoms with van der Waals surface area (Å²) in [7, 11) is 0. The van der Waals surface area contributed by atoms with Crippen LogP contribution in [0.3, 0.4) is 0 Å². The van der Waals surface area contributed by atoms with Crippen LogP contribution in [0, 0.1) is 11.3 Å². The lowest BCUT2D eigenvalue weighted by Gasteiger charge is -2.10. The Bertz CT molecular complexity index is 751. The van der Waals surface area contributed by atoms with Gasteiger partial charge in [0.15, 0.2) is 0 Å². The van der Waals surface area contributed by atoms with Crippen molar-refractivity contribution in [2.24, 2.45) is 5.16 Å². The molecule has 0 saturated carbocycles. The third-order valence-corrected chi connectivity index (χ3v) is 3.45. The van der Waals surface area contributed by atoms with E-state index >= 15 is 0 Å². The molecule has 0 saturated heterocycles. The summed E-state index contributed by atoms with van der Waals surface area (Å²) in [5, 5.41) is 15.3. The summed E-state index contributed by atoms with van der Waals surface area (Å²) < 4.78 is 0.975. The Morgan fingerprint density at radius 2 is 2.09 bits per heavy atom. The summed E-state index contributed by atoms with van der Waals surface area (Å²) in [5.41, 5.74) is 1.88. The number of oxime groups is 1. The van der Waals surface area contributed by atoms with Gasteiger partial charge >= 0.3 is 0 Å². The average Bonchev–Trinajstić information content (AvgIpc) is 2.56. The van der Waals surface area contributed by atoms with Gasteiger partial charge in [-0.1, -0.05) is 39.3 Å². The Morgan fingerprint density at radius 1 is 1.35 bits per heavy atom. The van der Waals surface area contributed by atoms with Crippen LogP contribution in [0.25, 0.3) is 0 Å². The first-order valence-corrected chi connectivity index (χ1v) is 7.63. The molecule has 0 aromatic heterocycles. The van der Waals surface area contributed by atoms with E-state index in [2.05, 4.69) is 26.4 Å². The van der Waals surface area contributed by atoms with Gasteiger partial charge in [-0.25, -0.2) is 0 Å². The molecule has 0 aliphatic carbocycles. The van der Waals surface area contributed by atoms with Crippen LogP contribution in [0.4, 0.5) is 5.69 Å². The van der Waals surface area contributed by atoms with Gasteiger partial charge in [-0.2, -0.15) is 5.26 Å². The molecule has 1 atom stereocenters. The summed E-state index contributed by atoms with van der Waals surface area (Å²) in [4.78, 5) is 17.1. The molecule has 0 spiro atoms. The molecule has 1 N–H and O–H groups in total. The van der Waals surface area contributed by atoms with Crippen LogP contribution >= 0.6 is 15.9 Å². The van der Waals surface area contributed by atoms with Crippen molar-refractivity contribution < 1.29 is 9.63 Å². The highest BCUT2D eigenvalue weighted by Gasteiger charge is 2.14. The number of nitrogens with zero attached hydrogens (tertiary/aromatic N) is 2. The Kier molecular flexibility index (Phi) is 5.89. The van der Waals surface area contributed by atoms with Gasteiger partial charge in [0, 0.05) is 10.2 Å². The number of halogens is 1. The smallest absolute Gasteiger partial charge is 0.267 e. The van der Waals surface area contributed by atoms with Gasteiger partial charge in [-0.05, 0) is 42.8 Å². The molecule has 5 nitrogen and oxygen atoms in total. The van der Waals surface area contributed by atoms with Crippen molar-refractivity contribution in [1.82, 2.24) is 0 Å².